The molecule has 2 aromatic carbocycles. The van der Waals surface area contributed by atoms with Gasteiger partial charge in [-0.05, 0) is 101 Å². The summed E-state index contributed by atoms with van der Waals surface area (Å²) < 4.78 is 39.3. The Labute approximate surface area is 232 Å². The van der Waals surface area contributed by atoms with Crippen molar-refractivity contribution < 1.29 is 13.2 Å². The molecule has 0 radical (unpaired) electrons. The molecule has 0 amide bonds. The molecule has 5 N–H and O–H groups in total. The molecule has 10 heteroatoms. The number of nitrogen functional groups attached to an aromatic ring is 1. The number of likely N-dealkylation sites (N-methyl/N-ethyl adjacent to an activating group) is 2. The number of nitrogens with one attached hydrogen (secondary N) is 3. The van der Waals surface area contributed by atoms with E-state index in [1.54, 1.807) is 6.07 Å². The summed E-state index contributed by atoms with van der Waals surface area (Å²) in [5.74, 6) is -0.195. The molecular formula is C30H36F3N7. The summed E-state index contributed by atoms with van der Waals surface area (Å²) in [7, 11) is 8.18. The summed E-state index contributed by atoms with van der Waals surface area (Å²) in [5.41, 5.74) is 11.0. The molecule has 3 aromatic heterocycles. The van der Waals surface area contributed by atoms with Crippen LogP contribution in [0.4, 0.5) is 30.4 Å². The van der Waals surface area contributed by atoms with Crippen molar-refractivity contribution in [3.63, 3.8) is 0 Å². The first-order chi connectivity index (χ1) is 19.0. The second kappa shape index (κ2) is 12.4. The van der Waals surface area contributed by atoms with Gasteiger partial charge in [0.15, 0.2) is 0 Å². The minimum atomic E-state index is -4.45. The number of H-pyrrole nitrogens is 2. The number of rotatable bonds is 8. The summed E-state index contributed by atoms with van der Waals surface area (Å²) in [5, 5.41) is 5.04. The number of fused-ring (bicyclic) bond motifs is 2. The van der Waals surface area contributed by atoms with Crippen LogP contribution in [0.2, 0.25) is 0 Å². The van der Waals surface area contributed by atoms with Crippen LogP contribution < -0.4 is 11.1 Å². The highest BCUT2D eigenvalue weighted by atomic mass is 19.4. The first kappa shape index (κ1) is 29.0. The molecular weight excluding hydrogens is 515 g/mol. The number of aromatic nitrogens is 3. The molecule has 0 aliphatic rings. The molecule has 0 aliphatic heterocycles. The minimum Gasteiger partial charge on any atom is -0.399 e. The Morgan fingerprint density at radius 2 is 1.40 bits per heavy atom. The fraction of sp³-hybridized carbons (Fsp3) is 0.300. The zero-order valence-electron chi connectivity index (χ0n) is 23.2. The topological polar surface area (TPSA) is 89.0 Å². The smallest absolute Gasteiger partial charge is 0.399 e. The molecule has 0 spiro atoms. The third-order valence-corrected chi connectivity index (χ3v) is 6.59. The van der Waals surface area contributed by atoms with Crippen LogP contribution in [0.15, 0.2) is 67.1 Å². The van der Waals surface area contributed by atoms with Crippen molar-refractivity contribution in [2.45, 2.75) is 19.0 Å². The van der Waals surface area contributed by atoms with Crippen LogP contribution in [0.25, 0.3) is 21.8 Å². The van der Waals surface area contributed by atoms with Gasteiger partial charge in [0, 0.05) is 64.9 Å². The number of nitrogens with zero attached hydrogens (tertiary/aromatic N) is 3. The third kappa shape index (κ3) is 7.34. The molecule has 5 aromatic rings. The molecule has 3 heterocycles. The van der Waals surface area contributed by atoms with Crippen LogP contribution in [-0.4, -0.2) is 66.0 Å². The highest BCUT2D eigenvalue weighted by Gasteiger charge is 2.34. The summed E-state index contributed by atoms with van der Waals surface area (Å²) in [6.45, 7) is 1.95. The summed E-state index contributed by atoms with van der Waals surface area (Å²) in [6, 6.07) is 13.7. The Balaban J connectivity index is 0.000000210. The summed E-state index contributed by atoms with van der Waals surface area (Å²) in [6.07, 6.45) is 2.82. The highest BCUT2D eigenvalue weighted by molar-refractivity contribution is 5.87. The predicted octanol–water partition coefficient (Wildman–Crippen LogP) is 6.28. The number of anilines is 3. The lowest BCUT2D eigenvalue weighted by atomic mass is 10.1. The zero-order valence-corrected chi connectivity index (χ0v) is 23.2. The number of pyridine rings is 1. The van der Waals surface area contributed by atoms with Gasteiger partial charge in [-0.1, -0.05) is 0 Å². The molecule has 0 fully saturated rings. The molecule has 40 heavy (non-hydrogen) atoms. The number of hydrogen-bond donors (Lipinski definition) is 4. The minimum absolute atomic E-state index is 0.195. The lowest BCUT2D eigenvalue weighted by Gasteiger charge is -2.13. The maximum Gasteiger partial charge on any atom is 0.419 e. The van der Waals surface area contributed by atoms with E-state index in [4.69, 9.17) is 5.73 Å². The maximum absolute atomic E-state index is 13.1. The summed E-state index contributed by atoms with van der Waals surface area (Å²) in [4.78, 5) is 14.6. The average molecular weight is 552 g/mol. The van der Waals surface area contributed by atoms with Gasteiger partial charge in [-0.3, -0.25) is 0 Å². The summed E-state index contributed by atoms with van der Waals surface area (Å²) >= 11 is 0. The largest absolute Gasteiger partial charge is 0.419 e. The molecule has 7 nitrogen and oxygen atoms in total. The quantitative estimate of drug-likeness (QED) is 0.170. The highest BCUT2D eigenvalue weighted by Crippen LogP contribution is 2.35. The lowest BCUT2D eigenvalue weighted by Crippen LogP contribution is -2.14. The van der Waals surface area contributed by atoms with Gasteiger partial charge >= 0.3 is 6.18 Å². The first-order valence-electron chi connectivity index (χ1n) is 13.1. The van der Waals surface area contributed by atoms with Crippen molar-refractivity contribution in [1.29, 1.82) is 0 Å². The SMILES string of the molecule is CN(C)CCc1c[nH]c2ccc(N)cc12.CN(C)CCc1c[nH]c2ccc(Nc3ncccc3C(F)(F)F)cc12. The Hall–Kier alpha value is -4.02. The number of nitrogens with two attached hydrogens (primary N) is 1. The zero-order chi connectivity index (χ0) is 28.9. The van der Waals surface area contributed by atoms with Crippen LogP contribution in [0.1, 0.15) is 16.7 Å². The maximum atomic E-state index is 13.1. The van der Waals surface area contributed by atoms with Gasteiger partial charge in [-0.15, -0.1) is 0 Å². The van der Waals surface area contributed by atoms with E-state index in [0.29, 0.717) is 5.69 Å². The number of aromatic amines is 2. The van der Waals surface area contributed by atoms with Gasteiger partial charge in [0.2, 0.25) is 0 Å². The van der Waals surface area contributed by atoms with Gasteiger partial charge in [0.1, 0.15) is 5.82 Å². The average Bonchev–Trinajstić information content (AvgIpc) is 3.49. The number of halogens is 3. The van der Waals surface area contributed by atoms with Gasteiger partial charge in [-0.2, -0.15) is 13.2 Å². The van der Waals surface area contributed by atoms with Gasteiger partial charge in [0.25, 0.3) is 0 Å². The van der Waals surface area contributed by atoms with Gasteiger partial charge in [0.05, 0.1) is 5.56 Å². The van der Waals surface area contributed by atoms with E-state index in [1.165, 1.54) is 23.2 Å². The molecule has 0 atom stereocenters. The molecule has 212 valence electrons. The number of hydrogen-bond acceptors (Lipinski definition) is 5. The molecule has 0 unspecified atom stereocenters. The molecule has 5 rings (SSSR count). The molecule has 0 saturated carbocycles. The van der Waals surface area contributed by atoms with E-state index in [1.807, 2.05) is 50.6 Å². The van der Waals surface area contributed by atoms with Crippen molar-refractivity contribution in [2.24, 2.45) is 0 Å². The fourth-order valence-corrected chi connectivity index (χ4v) is 4.42. The third-order valence-electron chi connectivity index (χ3n) is 6.59. The van der Waals surface area contributed by atoms with Crippen LogP contribution >= 0.6 is 0 Å². The Kier molecular flexibility index (Phi) is 9.01. The van der Waals surface area contributed by atoms with Crippen molar-refractivity contribution in [1.82, 2.24) is 24.8 Å². The van der Waals surface area contributed by atoms with Crippen molar-refractivity contribution >= 4 is 39.0 Å². The van der Waals surface area contributed by atoms with E-state index >= 15 is 0 Å². The van der Waals surface area contributed by atoms with Crippen LogP contribution in [0, 0.1) is 0 Å². The van der Waals surface area contributed by atoms with E-state index in [-0.39, 0.29) is 5.82 Å². The van der Waals surface area contributed by atoms with Crippen molar-refractivity contribution in [3.05, 3.63) is 83.8 Å². The van der Waals surface area contributed by atoms with Crippen LogP contribution in [0.5, 0.6) is 0 Å². The van der Waals surface area contributed by atoms with E-state index in [2.05, 4.69) is 50.4 Å². The van der Waals surface area contributed by atoms with Gasteiger partial charge < -0.3 is 30.8 Å². The standard InChI is InChI=1S/C18H19F3N4.C12H17N3/c1-25(2)9-7-12-11-23-16-6-5-13(10-14(12)16)24-17-15(18(19,20)21)4-3-8-22-17;1-15(2)6-5-9-8-14-12-4-3-10(13)7-11(9)12/h3-6,8,10-11,23H,7,9H2,1-2H3,(H,22,24);3-4,7-8,14H,5-6,13H2,1-2H3. The Bertz CT molecular complexity index is 1550. The first-order valence-corrected chi connectivity index (χ1v) is 13.1. The van der Waals surface area contributed by atoms with E-state index in [0.717, 1.165) is 59.7 Å². The van der Waals surface area contributed by atoms with Crippen LogP contribution in [0.3, 0.4) is 0 Å². The number of alkyl halides is 3. The predicted molar refractivity (Wildman–Crippen MR) is 158 cm³/mol. The van der Waals surface area contributed by atoms with Crippen molar-refractivity contribution in [3.8, 4) is 0 Å². The van der Waals surface area contributed by atoms with E-state index < -0.39 is 11.7 Å². The Morgan fingerprint density at radius 1 is 0.825 bits per heavy atom. The second-order valence-corrected chi connectivity index (χ2v) is 10.3. The Morgan fingerprint density at radius 3 is 1.98 bits per heavy atom. The normalized spacial score (nSPS) is 11.8. The fourth-order valence-electron chi connectivity index (χ4n) is 4.42. The van der Waals surface area contributed by atoms with Crippen molar-refractivity contribution in [2.75, 3.05) is 52.3 Å². The molecule has 0 bridgehead atoms. The van der Waals surface area contributed by atoms with E-state index in [9.17, 15) is 13.2 Å². The monoisotopic (exact) mass is 551 g/mol. The molecule has 0 aliphatic carbocycles. The second-order valence-electron chi connectivity index (χ2n) is 10.3. The van der Waals surface area contributed by atoms with Crippen LogP contribution in [-0.2, 0) is 19.0 Å². The lowest BCUT2D eigenvalue weighted by molar-refractivity contribution is -0.137. The van der Waals surface area contributed by atoms with Gasteiger partial charge in [-0.25, -0.2) is 4.98 Å². The molecule has 0 saturated heterocycles. The number of benzene rings is 2.